The number of benzene rings is 3. The summed E-state index contributed by atoms with van der Waals surface area (Å²) in [4.78, 5) is 12.5. The van der Waals surface area contributed by atoms with Gasteiger partial charge in [-0.25, -0.2) is 0 Å². The van der Waals surface area contributed by atoms with E-state index in [2.05, 4.69) is 39.8 Å². The molecule has 1 heterocycles. The Bertz CT molecular complexity index is 1120. The van der Waals surface area contributed by atoms with Crippen molar-refractivity contribution in [2.75, 3.05) is 5.32 Å². The van der Waals surface area contributed by atoms with Gasteiger partial charge in [-0.1, -0.05) is 77.5 Å². The summed E-state index contributed by atoms with van der Waals surface area (Å²) in [5, 5.41) is 12.5. The molecular formula is C22H16ClN3OS. The SMILES string of the molecule is Cc1nnc(NC(=O)c2ccc(Cl)c(-c3ccc(-c4ccccc4)cc3)c2)s1. The number of aryl methyl sites for hydroxylation is 1. The molecule has 4 rings (SSSR count). The second-order valence-corrected chi connectivity index (χ2v) is 7.81. The lowest BCUT2D eigenvalue weighted by atomic mass is 9.99. The summed E-state index contributed by atoms with van der Waals surface area (Å²) in [5.41, 5.74) is 4.55. The average Bonchev–Trinajstić information content (AvgIpc) is 3.13. The number of carbonyl (C=O) groups is 1. The molecule has 28 heavy (non-hydrogen) atoms. The van der Waals surface area contributed by atoms with Gasteiger partial charge in [-0.3, -0.25) is 10.1 Å². The fourth-order valence-corrected chi connectivity index (χ4v) is 3.69. The van der Waals surface area contributed by atoms with E-state index in [0.29, 0.717) is 15.7 Å². The van der Waals surface area contributed by atoms with Crippen LogP contribution in [0.4, 0.5) is 5.13 Å². The van der Waals surface area contributed by atoms with Gasteiger partial charge in [0.15, 0.2) is 0 Å². The van der Waals surface area contributed by atoms with Gasteiger partial charge >= 0.3 is 0 Å². The van der Waals surface area contributed by atoms with Gasteiger partial charge in [0.05, 0.1) is 0 Å². The fraction of sp³-hybridized carbons (Fsp3) is 0.0455. The van der Waals surface area contributed by atoms with Crippen LogP contribution in [0.25, 0.3) is 22.3 Å². The standard InChI is InChI=1S/C22H16ClN3OS/c1-14-25-26-22(28-14)24-21(27)18-11-12-20(23)19(13-18)17-9-7-16(8-10-17)15-5-3-2-4-6-15/h2-13H,1H3,(H,24,26,27). The van der Waals surface area contributed by atoms with Crippen LogP contribution in [0.1, 0.15) is 15.4 Å². The maximum absolute atomic E-state index is 12.5. The maximum Gasteiger partial charge on any atom is 0.257 e. The molecule has 0 saturated carbocycles. The highest BCUT2D eigenvalue weighted by Gasteiger charge is 2.12. The highest BCUT2D eigenvalue weighted by atomic mass is 35.5. The van der Waals surface area contributed by atoms with Gasteiger partial charge in [0.2, 0.25) is 5.13 Å². The Morgan fingerprint density at radius 3 is 2.25 bits per heavy atom. The third-order valence-electron chi connectivity index (χ3n) is 4.28. The molecule has 0 aliphatic carbocycles. The second-order valence-electron chi connectivity index (χ2n) is 6.22. The van der Waals surface area contributed by atoms with Crippen molar-refractivity contribution >= 4 is 34.0 Å². The Labute approximate surface area is 171 Å². The van der Waals surface area contributed by atoms with Gasteiger partial charge < -0.3 is 0 Å². The molecule has 1 amide bonds. The monoisotopic (exact) mass is 405 g/mol. The lowest BCUT2D eigenvalue weighted by Crippen LogP contribution is -2.11. The number of amides is 1. The summed E-state index contributed by atoms with van der Waals surface area (Å²) in [6.07, 6.45) is 0. The van der Waals surface area contributed by atoms with Gasteiger partial charge in [-0.05, 0) is 41.8 Å². The van der Waals surface area contributed by atoms with Crippen LogP contribution in [0.3, 0.4) is 0 Å². The lowest BCUT2D eigenvalue weighted by Gasteiger charge is -2.09. The molecule has 6 heteroatoms. The first-order valence-corrected chi connectivity index (χ1v) is 9.86. The smallest absolute Gasteiger partial charge is 0.257 e. The van der Waals surface area contributed by atoms with Crippen molar-refractivity contribution in [2.45, 2.75) is 6.92 Å². The van der Waals surface area contributed by atoms with Gasteiger partial charge in [-0.2, -0.15) is 0 Å². The molecule has 0 fully saturated rings. The maximum atomic E-state index is 12.5. The Morgan fingerprint density at radius 1 is 0.893 bits per heavy atom. The van der Waals surface area contributed by atoms with Crippen LogP contribution in [-0.4, -0.2) is 16.1 Å². The molecule has 3 aromatic carbocycles. The van der Waals surface area contributed by atoms with E-state index in [1.54, 1.807) is 18.2 Å². The van der Waals surface area contributed by atoms with E-state index < -0.39 is 0 Å². The van der Waals surface area contributed by atoms with Crippen LogP contribution in [0, 0.1) is 6.92 Å². The number of hydrogen-bond acceptors (Lipinski definition) is 4. The Balaban J connectivity index is 1.61. The minimum atomic E-state index is -0.241. The van der Waals surface area contributed by atoms with E-state index in [9.17, 15) is 4.79 Å². The summed E-state index contributed by atoms with van der Waals surface area (Å²) < 4.78 is 0. The molecule has 1 N–H and O–H groups in total. The van der Waals surface area contributed by atoms with Gasteiger partial charge in [0.25, 0.3) is 5.91 Å². The van der Waals surface area contributed by atoms with Crippen molar-refractivity contribution in [3.8, 4) is 22.3 Å². The number of rotatable bonds is 4. The zero-order chi connectivity index (χ0) is 19.5. The van der Waals surface area contributed by atoms with Crippen LogP contribution >= 0.6 is 22.9 Å². The number of anilines is 1. The molecule has 0 atom stereocenters. The predicted molar refractivity (Wildman–Crippen MR) is 115 cm³/mol. The molecule has 0 aliphatic heterocycles. The zero-order valence-corrected chi connectivity index (χ0v) is 16.6. The van der Waals surface area contributed by atoms with Crippen LogP contribution in [0.15, 0.2) is 72.8 Å². The van der Waals surface area contributed by atoms with E-state index in [0.717, 1.165) is 27.3 Å². The van der Waals surface area contributed by atoms with Crippen molar-refractivity contribution in [3.05, 3.63) is 88.4 Å². The quantitative estimate of drug-likeness (QED) is 0.447. The van der Waals surface area contributed by atoms with Crippen molar-refractivity contribution < 1.29 is 4.79 Å². The van der Waals surface area contributed by atoms with Gasteiger partial charge in [0, 0.05) is 16.1 Å². The minimum absolute atomic E-state index is 0.241. The number of nitrogens with zero attached hydrogens (tertiary/aromatic N) is 2. The van der Waals surface area contributed by atoms with Crippen LogP contribution < -0.4 is 5.32 Å². The van der Waals surface area contributed by atoms with E-state index >= 15 is 0 Å². The number of halogens is 1. The van der Waals surface area contributed by atoms with Crippen molar-refractivity contribution in [1.29, 1.82) is 0 Å². The Morgan fingerprint density at radius 2 is 1.57 bits per heavy atom. The van der Waals surface area contributed by atoms with Crippen LogP contribution in [0.5, 0.6) is 0 Å². The minimum Gasteiger partial charge on any atom is -0.296 e. The molecule has 0 saturated heterocycles. The van der Waals surface area contributed by atoms with Crippen molar-refractivity contribution in [2.24, 2.45) is 0 Å². The molecule has 1 aromatic heterocycles. The molecule has 0 unspecified atom stereocenters. The third-order valence-corrected chi connectivity index (χ3v) is 5.36. The summed E-state index contributed by atoms with van der Waals surface area (Å²) in [7, 11) is 0. The normalized spacial score (nSPS) is 10.6. The summed E-state index contributed by atoms with van der Waals surface area (Å²) in [6.45, 7) is 1.84. The van der Waals surface area contributed by atoms with E-state index in [4.69, 9.17) is 11.6 Å². The van der Waals surface area contributed by atoms with E-state index in [1.807, 2.05) is 37.3 Å². The predicted octanol–water partition coefficient (Wildman–Crippen LogP) is 6.09. The highest BCUT2D eigenvalue weighted by Crippen LogP contribution is 2.31. The van der Waals surface area contributed by atoms with Gasteiger partial charge in [0.1, 0.15) is 5.01 Å². The Hall–Kier alpha value is -3.02. The fourth-order valence-electron chi connectivity index (χ4n) is 2.88. The molecular weight excluding hydrogens is 390 g/mol. The molecule has 4 nitrogen and oxygen atoms in total. The molecule has 0 spiro atoms. The van der Waals surface area contributed by atoms with Crippen molar-refractivity contribution in [3.63, 3.8) is 0 Å². The molecule has 4 aromatic rings. The van der Waals surface area contributed by atoms with Crippen molar-refractivity contribution in [1.82, 2.24) is 10.2 Å². The second kappa shape index (κ2) is 7.92. The molecule has 138 valence electrons. The zero-order valence-electron chi connectivity index (χ0n) is 15.0. The lowest BCUT2D eigenvalue weighted by molar-refractivity contribution is 0.102. The van der Waals surface area contributed by atoms with E-state index in [1.165, 1.54) is 11.3 Å². The summed E-state index contributed by atoms with van der Waals surface area (Å²) >= 11 is 7.74. The highest BCUT2D eigenvalue weighted by molar-refractivity contribution is 7.15. The molecule has 0 aliphatic rings. The van der Waals surface area contributed by atoms with Crippen LogP contribution in [-0.2, 0) is 0 Å². The number of carbonyl (C=O) groups excluding carboxylic acids is 1. The topological polar surface area (TPSA) is 54.9 Å². The van der Waals surface area contributed by atoms with Gasteiger partial charge in [-0.15, -0.1) is 10.2 Å². The van der Waals surface area contributed by atoms with E-state index in [-0.39, 0.29) is 5.91 Å². The Kier molecular flexibility index (Phi) is 5.19. The first kappa shape index (κ1) is 18.3. The summed E-state index contributed by atoms with van der Waals surface area (Å²) in [6, 6.07) is 23.5. The average molecular weight is 406 g/mol. The third kappa shape index (κ3) is 3.96. The molecule has 0 bridgehead atoms. The summed E-state index contributed by atoms with van der Waals surface area (Å²) in [5.74, 6) is -0.241. The number of hydrogen-bond donors (Lipinski definition) is 1. The largest absolute Gasteiger partial charge is 0.296 e. The van der Waals surface area contributed by atoms with Crippen LogP contribution in [0.2, 0.25) is 5.02 Å². The number of nitrogens with one attached hydrogen (secondary N) is 1. The first-order valence-electron chi connectivity index (χ1n) is 8.67. The first-order chi connectivity index (χ1) is 13.6. The number of aromatic nitrogens is 2. The molecule has 0 radical (unpaired) electrons.